The fourth-order valence-electron chi connectivity index (χ4n) is 2.11. The van der Waals surface area contributed by atoms with E-state index in [0.29, 0.717) is 27.8 Å². The molecule has 5 heteroatoms. The number of rotatable bonds is 3. The lowest BCUT2D eigenvalue weighted by Gasteiger charge is -2.19. The SMILES string of the molecule is Cc1cc(N)ccc1C(=O)N(C)Cc1ccc(Cl)cc1Cl. The number of nitrogen functional groups attached to an aromatic ring is 1. The van der Waals surface area contributed by atoms with Gasteiger partial charge < -0.3 is 10.6 Å². The number of amides is 1. The third kappa shape index (κ3) is 3.69. The molecule has 0 fully saturated rings. The van der Waals surface area contributed by atoms with Crippen LogP contribution in [-0.4, -0.2) is 17.9 Å². The minimum Gasteiger partial charge on any atom is -0.399 e. The van der Waals surface area contributed by atoms with Crippen molar-refractivity contribution in [3.63, 3.8) is 0 Å². The summed E-state index contributed by atoms with van der Waals surface area (Å²) >= 11 is 12.0. The van der Waals surface area contributed by atoms with Crippen LogP contribution < -0.4 is 5.73 Å². The molecular weight excluding hydrogens is 307 g/mol. The number of hydrogen-bond donors (Lipinski definition) is 1. The zero-order chi connectivity index (χ0) is 15.6. The second-order valence-electron chi connectivity index (χ2n) is 4.97. The lowest BCUT2D eigenvalue weighted by Crippen LogP contribution is -2.27. The number of nitrogens with zero attached hydrogens (tertiary/aromatic N) is 1. The minimum absolute atomic E-state index is 0.0708. The normalized spacial score (nSPS) is 10.5. The summed E-state index contributed by atoms with van der Waals surface area (Å²) in [5.41, 5.74) is 8.70. The van der Waals surface area contributed by atoms with E-state index in [4.69, 9.17) is 28.9 Å². The third-order valence-electron chi connectivity index (χ3n) is 3.25. The summed E-state index contributed by atoms with van der Waals surface area (Å²) in [6, 6.07) is 10.5. The van der Waals surface area contributed by atoms with Crippen LogP contribution in [0.2, 0.25) is 10.0 Å². The first-order valence-corrected chi connectivity index (χ1v) is 7.19. The number of halogens is 2. The molecule has 0 radical (unpaired) electrons. The predicted octanol–water partition coefficient (Wildman–Crippen LogP) is 4.16. The molecule has 0 aliphatic rings. The van der Waals surface area contributed by atoms with Gasteiger partial charge in [-0.1, -0.05) is 29.3 Å². The Morgan fingerprint density at radius 1 is 1.19 bits per heavy atom. The Kier molecular flexibility index (Phi) is 4.76. The van der Waals surface area contributed by atoms with Crippen molar-refractivity contribution in [1.29, 1.82) is 0 Å². The van der Waals surface area contributed by atoms with Gasteiger partial charge in [0.15, 0.2) is 0 Å². The lowest BCUT2D eigenvalue weighted by atomic mass is 10.1. The molecule has 0 saturated heterocycles. The molecule has 0 saturated carbocycles. The van der Waals surface area contributed by atoms with Gasteiger partial charge >= 0.3 is 0 Å². The summed E-state index contributed by atoms with van der Waals surface area (Å²) in [5.74, 6) is -0.0708. The Morgan fingerprint density at radius 2 is 1.90 bits per heavy atom. The average Bonchev–Trinajstić information content (AvgIpc) is 2.41. The Labute approximate surface area is 134 Å². The molecule has 0 aliphatic heterocycles. The van der Waals surface area contributed by atoms with Crippen molar-refractivity contribution in [3.8, 4) is 0 Å². The van der Waals surface area contributed by atoms with Crippen molar-refractivity contribution in [2.24, 2.45) is 0 Å². The monoisotopic (exact) mass is 322 g/mol. The maximum Gasteiger partial charge on any atom is 0.254 e. The second kappa shape index (κ2) is 6.37. The van der Waals surface area contributed by atoms with Crippen LogP contribution in [0.5, 0.6) is 0 Å². The van der Waals surface area contributed by atoms with E-state index in [1.54, 1.807) is 42.3 Å². The molecule has 2 aromatic carbocycles. The summed E-state index contributed by atoms with van der Waals surface area (Å²) in [7, 11) is 1.74. The summed E-state index contributed by atoms with van der Waals surface area (Å²) in [6.07, 6.45) is 0. The van der Waals surface area contributed by atoms with Crippen molar-refractivity contribution in [3.05, 3.63) is 63.1 Å². The van der Waals surface area contributed by atoms with E-state index in [1.165, 1.54) is 0 Å². The van der Waals surface area contributed by atoms with Crippen LogP contribution in [0.15, 0.2) is 36.4 Å². The van der Waals surface area contributed by atoms with Crippen LogP contribution in [0.3, 0.4) is 0 Å². The van der Waals surface area contributed by atoms with E-state index in [1.807, 2.05) is 13.0 Å². The number of nitrogens with two attached hydrogens (primary N) is 1. The topological polar surface area (TPSA) is 46.3 Å². The van der Waals surface area contributed by atoms with Crippen molar-refractivity contribution < 1.29 is 4.79 Å². The van der Waals surface area contributed by atoms with E-state index in [0.717, 1.165) is 11.1 Å². The molecule has 110 valence electrons. The lowest BCUT2D eigenvalue weighted by molar-refractivity contribution is 0.0784. The minimum atomic E-state index is -0.0708. The molecule has 21 heavy (non-hydrogen) atoms. The maximum absolute atomic E-state index is 12.5. The molecule has 2 rings (SSSR count). The van der Waals surface area contributed by atoms with Crippen LogP contribution >= 0.6 is 23.2 Å². The first-order valence-electron chi connectivity index (χ1n) is 6.44. The maximum atomic E-state index is 12.5. The average molecular weight is 323 g/mol. The molecule has 0 aromatic heterocycles. The quantitative estimate of drug-likeness (QED) is 0.862. The van der Waals surface area contributed by atoms with Gasteiger partial charge in [0.2, 0.25) is 0 Å². The Balaban J connectivity index is 2.19. The molecule has 0 unspecified atom stereocenters. The highest BCUT2D eigenvalue weighted by Gasteiger charge is 2.15. The van der Waals surface area contributed by atoms with Crippen molar-refractivity contribution in [2.75, 3.05) is 12.8 Å². The summed E-state index contributed by atoms with van der Waals surface area (Å²) in [5, 5.41) is 1.13. The van der Waals surface area contributed by atoms with Gasteiger partial charge in [0.25, 0.3) is 5.91 Å². The molecule has 1 amide bonds. The van der Waals surface area contributed by atoms with Gasteiger partial charge in [-0.3, -0.25) is 4.79 Å². The first-order chi connectivity index (χ1) is 9.88. The zero-order valence-electron chi connectivity index (χ0n) is 11.9. The molecule has 0 spiro atoms. The number of hydrogen-bond acceptors (Lipinski definition) is 2. The van der Waals surface area contributed by atoms with E-state index in [2.05, 4.69) is 0 Å². The Bertz CT molecular complexity index is 686. The Morgan fingerprint density at radius 3 is 2.52 bits per heavy atom. The Hall–Kier alpha value is -1.71. The molecule has 0 bridgehead atoms. The van der Waals surface area contributed by atoms with E-state index < -0.39 is 0 Å². The highest BCUT2D eigenvalue weighted by atomic mass is 35.5. The van der Waals surface area contributed by atoms with Gasteiger partial charge in [0.05, 0.1) is 0 Å². The number of carbonyl (C=O) groups excluding carboxylic acids is 1. The summed E-state index contributed by atoms with van der Waals surface area (Å²) in [4.78, 5) is 14.1. The number of benzene rings is 2. The fourth-order valence-corrected chi connectivity index (χ4v) is 2.58. The van der Waals surface area contributed by atoms with Gasteiger partial charge in [-0.05, 0) is 48.4 Å². The second-order valence-corrected chi connectivity index (χ2v) is 5.81. The number of aryl methyl sites for hydroxylation is 1. The predicted molar refractivity (Wildman–Crippen MR) is 87.9 cm³/mol. The highest BCUT2D eigenvalue weighted by Crippen LogP contribution is 2.23. The van der Waals surface area contributed by atoms with Gasteiger partial charge in [-0.2, -0.15) is 0 Å². The van der Waals surface area contributed by atoms with Crippen LogP contribution in [0.25, 0.3) is 0 Å². The van der Waals surface area contributed by atoms with Crippen molar-refractivity contribution in [1.82, 2.24) is 4.90 Å². The van der Waals surface area contributed by atoms with Gasteiger partial charge in [0, 0.05) is 34.9 Å². The number of carbonyl (C=O) groups is 1. The van der Waals surface area contributed by atoms with E-state index in [-0.39, 0.29) is 5.91 Å². The summed E-state index contributed by atoms with van der Waals surface area (Å²) in [6.45, 7) is 2.28. The van der Waals surface area contributed by atoms with E-state index >= 15 is 0 Å². The zero-order valence-corrected chi connectivity index (χ0v) is 13.4. The molecule has 0 aliphatic carbocycles. The third-order valence-corrected chi connectivity index (χ3v) is 3.84. The molecule has 2 N–H and O–H groups in total. The van der Waals surface area contributed by atoms with Crippen LogP contribution in [0.4, 0.5) is 5.69 Å². The standard InChI is InChI=1S/C16H16Cl2N2O/c1-10-7-13(19)5-6-14(10)16(21)20(2)9-11-3-4-12(17)8-15(11)18/h3-8H,9,19H2,1-2H3. The van der Waals surface area contributed by atoms with Gasteiger partial charge in [0.1, 0.15) is 0 Å². The van der Waals surface area contributed by atoms with Crippen LogP contribution in [0.1, 0.15) is 21.5 Å². The molecular formula is C16H16Cl2N2O. The number of anilines is 1. The highest BCUT2D eigenvalue weighted by molar-refractivity contribution is 6.35. The van der Waals surface area contributed by atoms with Crippen molar-refractivity contribution in [2.45, 2.75) is 13.5 Å². The van der Waals surface area contributed by atoms with Crippen LogP contribution in [-0.2, 0) is 6.54 Å². The molecule has 3 nitrogen and oxygen atoms in total. The molecule has 0 heterocycles. The summed E-state index contributed by atoms with van der Waals surface area (Å²) < 4.78 is 0. The molecule has 2 aromatic rings. The first kappa shape index (κ1) is 15.7. The smallest absolute Gasteiger partial charge is 0.254 e. The van der Waals surface area contributed by atoms with Crippen LogP contribution in [0, 0.1) is 6.92 Å². The largest absolute Gasteiger partial charge is 0.399 e. The fraction of sp³-hybridized carbons (Fsp3) is 0.188. The van der Waals surface area contributed by atoms with Gasteiger partial charge in [-0.25, -0.2) is 0 Å². The van der Waals surface area contributed by atoms with Crippen molar-refractivity contribution >= 4 is 34.8 Å². The van der Waals surface area contributed by atoms with E-state index in [9.17, 15) is 4.79 Å². The molecule has 0 atom stereocenters. The van der Waals surface area contributed by atoms with Gasteiger partial charge in [-0.15, -0.1) is 0 Å².